The summed E-state index contributed by atoms with van der Waals surface area (Å²) in [5.74, 6) is 0. The van der Waals surface area contributed by atoms with E-state index >= 15 is 0 Å². The predicted molar refractivity (Wildman–Crippen MR) is 70.1 cm³/mol. The first-order chi connectivity index (χ1) is 8.22. The summed E-state index contributed by atoms with van der Waals surface area (Å²) in [5, 5.41) is 0.724. The van der Waals surface area contributed by atoms with Crippen LogP contribution in [0, 0.1) is 0 Å². The highest BCUT2D eigenvalue weighted by Crippen LogP contribution is 2.21. The van der Waals surface area contributed by atoms with Crippen LogP contribution in [0.3, 0.4) is 0 Å². The lowest BCUT2D eigenvalue weighted by Crippen LogP contribution is -1.87. The molecule has 0 fully saturated rings. The first-order valence-corrected chi connectivity index (χ1v) is 5.60. The molecule has 2 heterocycles. The van der Waals surface area contributed by atoms with Crippen molar-refractivity contribution < 1.29 is 0 Å². The lowest BCUT2D eigenvalue weighted by Gasteiger charge is -1.94. The van der Waals surface area contributed by atoms with Crippen molar-refractivity contribution in [1.82, 2.24) is 9.38 Å². The zero-order valence-electron chi connectivity index (χ0n) is 8.97. The Labute approximate surface area is 103 Å². The van der Waals surface area contributed by atoms with Crippen molar-refractivity contribution in [2.24, 2.45) is 0 Å². The minimum absolute atomic E-state index is 0.714. The SMILES string of the molecule is Nc1ccn2cc(-c3ccc(Cl)cc3)nc2c1. The van der Waals surface area contributed by atoms with Crippen molar-refractivity contribution in [3.05, 3.63) is 53.8 Å². The number of imidazole rings is 1. The minimum atomic E-state index is 0.714. The number of nitrogens with zero attached hydrogens (tertiary/aromatic N) is 2. The van der Waals surface area contributed by atoms with E-state index < -0.39 is 0 Å². The van der Waals surface area contributed by atoms with Gasteiger partial charge in [-0.05, 0) is 18.2 Å². The molecule has 0 bridgehead atoms. The Kier molecular flexibility index (Phi) is 2.27. The fourth-order valence-corrected chi connectivity index (χ4v) is 1.88. The van der Waals surface area contributed by atoms with E-state index in [4.69, 9.17) is 17.3 Å². The summed E-state index contributed by atoms with van der Waals surface area (Å²) in [5.41, 5.74) is 9.23. The van der Waals surface area contributed by atoms with Gasteiger partial charge in [-0.2, -0.15) is 0 Å². The third kappa shape index (κ3) is 1.85. The number of halogens is 1. The van der Waals surface area contributed by atoms with E-state index in [1.165, 1.54) is 0 Å². The normalized spacial score (nSPS) is 10.9. The number of hydrogen-bond donors (Lipinski definition) is 1. The van der Waals surface area contributed by atoms with Crippen molar-refractivity contribution in [2.75, 3.05) is 5.73 Å². The standard InChI is InChI=1S/C13H10ClN3/c14-10-3-1-9(2-4-10)12-8-17-6-5-11(15)7-13(17)16-12/h1-8H,15H2. The summed E-state index contributed by atoms with van der Waals surface area (Å²) < 4.78 is 1.94. The molecule has 0 spiro atoms. The van der Waals surface area contributed by atoms with Crippen LogP contribution >= 0.6 is 11.6 Å². The molecule has 3 rings (SSSR count). The van der Waals surface area contributed by atoms with E-state index in [9.17, 15) is 0 Å². The highest BCUT2D eigenvalue weighted by atomic mass is 35.5. The van der Waals surface area contributed by atoms with Crippen LogP contribution in [0.4, 0.5) is 5.69 Å². The van der Waals surface area contributed by atoms with Crippen LogP contribution in [-0.2, 0) is 0 Å². The number of hydrogen-bond acceptors (Lipinski definition) is 2. The molecule has 4 heteroatoms. The summed E-state index contributed by atoms with van der Waals surface area (Å²) in [4.78, 5) is 4.51. The maximum absolute atomic E-state index is 5.86. The molecule has 1 aromatic carbocycles. The average molecular weight is 244 g/mol. The monoisotopic (exact) mass is 243 g/mol. The van der Waals surface area contributed by atoms with Crippen LogP contribution in [0.1, 0.15) is 0 Å². The van der Waals surface area contributed by atoms with E-state index in [-0.39, 0.29) is 0 Å². The smallest absolute Gasteiger partial charge is 0.139 e. The number of anilines is 1. The molecule has 17 heavy (non-hydrogen) atoms. The summed E-state index contributed by atoms with van der Waals surface area (Å²) in [7, 11) is 0. The van der Waals surface area contributed by atoms with Crippen LogP contribution in [-0.4, -0.2) is 9.38 Å². The molecular formula is C13H10ClN3. The second-order valence-corrected chi connectivity index (χ2v) is 4.30. The fraction of sp³-hybridized carbons (Fsp3) is 0. The largest absolute Gasteiger partial charge is 0.399 e. The fourth-order valence-electron chi connectivity index (χ4n) is 1.76. The molecule has 0 radical (unpaired) electrons. The van der Waals surface area contributed by atoms with Gasteiger partial charge >= 0.3 is 0 Å². The molecule has 0 amide bonds. The number of fused-ring (bicyclic) bond motifs is 1. The van der Waals surface area contributed by atoms with Gasteiger partial charge in [-0.25, -0.2) is 4.98 Å². The number of nitrogens with two attached hydrogens (primary N) is 1. The first-order valence-electron chi connectivity index (χ1n) is 5.22. The number of nitrogen functional groups attached to an aromatic ring is 1. The molecule has 0 aliphatic carbocycles. The third-order valence-corrected chi connectivity index (χ3v) is 2.88. The zero-order chi connectivity index (χ0) is 11.8. The van der Waals surface area contributed by atoms with Crippen molar-refractivity contribution in [2.45, 2.75) is 0 Å². The molecule has 0 atom stereocenters. The van der Waals surface area contributed by atoms with Gasteiger partial charge < -0.3 is 10.1 Å². The molecule has 0 unspecified atom stereocenters. The van der Waals surface area contributed by atoms with Gasteiger partial charge in [-0.3, -0.25) is 0 Å². The minimum Gasteiger partial charge on any atom is -0.399 e. The molecular weight excluding hydrogens is 234 g/mol. The van der Waals surface area contributed by atoms with Crippen LogP contribution in [0.25, 0.3) is 16.9 Å². The zero-order valence-corrected chi connectivity index (χ0v) is 9.72. The highest BCUT2D eigenvalue weighted by Gasteiger charge is 2.04. The maximum Gasteiger partial charge on any atom is 0.139 e. The Morgan fingerprint density at radius 1 is 1.12 bits per heavy atom. The van der Waals surface area contributed by atoms with Gasteiger partial charge in [0.2, 0.25) is 0 Å². The van der Waals surface area contributed by atoms with E-state index in [1.807, 2.05) is 53.2 Å². The van der Waals surface area contributed by atoms with E-state index in [0.29, 0.717) is 5.69 Å². The third-order valence-electron chi connectivity index (χ3n) is 2.62. The second kappa shape index (κ2) is 3.79. The van der Waals surface area contributed by atoms with Crippen molar-refractivity contribution >= 4 is 22.9 Å². The van der Waals surface area contributed by atoms with Gasteiger partial charge in [-0.15, -0.1) is 0 Å². The van der Waals surface area contributed by atoms with E-state index in [0.717, 1.165) is 21.9 Å². The Balaban J connectivity index is 2.14. The molecule has 0 aliphatic rings. The molecule has 2 N–H and O–H groups in total. The Morgan fingerprint density at radius 2 is 1.88 bits per heavy atom. The molecule has 0 aliphatic heterocycles. The van der Waals surface area contributed by atoms with Gasteiger partial charge in [0.15, 0.2) is 0 Å². The number of pyridine rings is 1. The highest BCUT2D eigenvalue weighted by molar-refractivity contribution is 6.30. The van der Waals surface area contributed by atoms with E-state index in [2.05, 4.69) is 4.98 Å². The van der Waals surface area contributed by atoms with Gasteiger partial charge in [0.05, 0.1) is 5.69 Å². The quantitative estimate of drug-likeness (QED) is 0.713. The van der Waals surface area contributed by atoms with Crippen molar-refractivity contribution in [3.8, 4) is 11.3 Å². The van der Waals surface area contributed by atoms with Crippen molar-refractivity contribution in [3.63, 3.8) is 0 Å². The Hall–Kier alpha value is -2.00. The van der Waals surface area contributed by atoms with Gasteiger partial charge in [0.25, 0.3) is 0 Å². The Bertz CT molecular complexity index is 671. The first kappa shape index (κ1) is 10.2. The number of benzene rings is 1. The Morgan fingerprint density at radius 3 is 2.65 bits per heavy atom. The number of rotatable bonds is 1. The predicted octanol–water partition coefficient (Wildman–Crippen LogP) is 3.24. The topological polar surface area (TPSA) is 43.3 Å². The maximum atomic E-state index is 5.86. The molecule has 84 valence electrons. The lowest BCUT2D eigenvalue weighted by molar-refractivity contribution is 1.19. The van der Waals surface area contributed by atoms with Crippen molar-refractivity contribution in [1.29, 1.82) is 0 Å². The summed E-state index contributed by atoms with van der Waals surface area (Å²) in [6.07, 6.45) is 3.87. The van der Waals surface area contributed by atoms with Gasteiger partial charge in [0.1, 0.15) is 5.65 Å². The molecule has 0 saturated carbocycles. The molecule has 3 aromatic rings. The lowest BCUT2D eigenvalue weighted by atomic mass is 10.2. The summed E-state index contributed by atoms with van der Waals surface area (Å²) >= 11 is 5.86. The molecule has 3 nitrogen and oxygen atoms in total. The summed E-state index contributed by atoms with van der Waals surface area (Å²) in [6, 6.07) is 11.3. The van der Waals surface area contributed by atoms with Gasteiger partial charge in [0, 0.05) is 34.7 Å². The van der Waals surface area contributed by atoms with Crippen LogP contribution < -0.4 is 5.73 Å². The second-order valence-electron chi connectivity index (χ2n) is 3.86. The van der Waals surface area contributed by atoms with E-state index in [1.54, 1.807) is 0 Å². The average Bonchev–Trinajstić information content (AvgIpc) is 2.72. The molecule has 2 aromatic heterocycles. The molecule has 0 saturated heterocycles. The number of aromatic nitrogens is 2. The van der Waals surface area contributed by atoms with Crippen LogP contribution in [0.15, 0.2) is 48.8 Å². The van der Waals surface area contributed by atoms with Crippen LogP contribution in [0.5, 0.6) is 0 Å². The van der Waals surface area contributed by atoms with Crippen LogP contribution in [0.2, 0.25) is 5.02 Å². The van der Waals surface area contributed by atoms with Gasteiger partial charge in [-0.1, -0.05) is 23.7 Å². The summed E-state index contributed by atoms with van der Waals surface area (Å²) in [6.45, 7) is 0.